The van der Waals surface area contributed by atoms with E-state index in [0.29, 0.717) is 0 Å². The van der Waals surface area contributed by atoms with Crippen LogP contribution in [0.4, 0.5) is 0 Å². The Balaban J connectivity index is 3.04. The topological polar surface area (TPSA) is 17.1 Å². The minimum absolute atomic E-state index is 0.194. The van der Waals surface area contributed by atoms with Gasteiger partial charge in [-0.15, -0.1) is 35.3 Å². The van der Waals surface area contributed by atoms with Crippen molar-refractivity contribution in [3.05, 3.63) is 35.4 Å². The summed E-state index contributed by atoms with van der Waals surface area (Å²) < 4.78 is -0.407. The van der Waals surface area contributed by atoms with Gasteiger partial charge in [-0.3, -0.25) is 4.79 Å². The van der Waals surface area contributed by atoms with Crippen molar-refractivity contribution in [1.29, 1.82) is 0 Å². The fourth-order valence-electron chi connectivity index (χ4n) is 1.41. The van der Waals surface area contributed by atoms with Gasteiger partial charge in [0.2, 0.25) is 0 Å². The predicted octanol–water partition coefficient (Wildman–Crippen LogP) is 3.92. The smallest absolute Gasteiger partial charge is 0.199 e. The van der Waals surface area contributed by atoms with Gasteiger partial charge < -0.3 is 0 Å². The average molecular weight is 272 g/mol. The maximum Gasteiger partial charge on any atom is 0.199 e. The highest BCUT2D eigenvalue weighted by Gasteiger charge is 2.36. The van der Waals surface area contributed by atoms with Crippen LogP contribution in [0.2, 0.25) is 0 Å². The zero-order valence-corrected chi connectivity index (χ0v) is 12.4. The summed E-state index contributed by atoms with van der Waals surface area (Å²) in [4.78, 5) is 12.4. The van der Waals surface area contributed by atoms with Crippen molar-refractivity contribution in [2.45, 2.75) is 10.3 Å². The maximum atomic E-state index is 12.4. The van der Waals surface area contributed by atoms with E-state index in [0.717, 1.165) is 5.56 Å². The molecule has 0 heterocycles. The number of carbonyl (C=O) groups is 1. The summed E-state index contributed by atoms with van der Waals surface area (Å²) in [5, 5.41) is 0. The molecule has 0 saturated heterocycles. The molecule has 16 heavy (non-hydrogen) atoms. The third-order valence-corrected chi connectivity index (χ3v) is 7.57. The third kappa shape index (κ3) is 2.79. The van der Waals surface area contributed by atoms with Crippen LogP contribution in [0.1, 0.15) is 15.9 Å². The largest absolute Gasteiger partial charge is 0.291 e. The maximum absolute atomic E-state index is 12.4. The Morgan fingerprint density at radius 3 is 1.81 bits per heavy atom. The molecule has 1 aromatic carbocycles. The van der Waals surface area contributed by atoms with Gasteiger partial charge >= 0.3 is 0 Å². The normalized spacial score (nSPS) is 11.5. The number of ketones is 1. The second-order valence-corrected chi connectivity index (χ2v) is 7.20. The first kappa shape index (κ1) is 14.0. The lowest BCUT2D eigenvalue weighted by molar-refractivity contribution is 0.100. The summed E-state index contributed by atoms with van der Waals surface area (Å²) in [6.07, 6.45) is 5.96. The number of thioether (sulfide) groups is 3. The highest BCUT2D eigenvalue weighted by Crippen LogP contribution is 2.45. The molecule has 0 atom stereocenters. The summed E-state index contributed by atoms with van der Waals surface area (Å²) in [6.45, 7) is 2.03. The highest BCUT2D eigenvalue weighted by molar-refractivity contribution is 8.34. The fraction of sp³-hybridized carbons (Fsp3) is 0.417. The van der Waals surface area contributed by atoms with Crippen LogP contribution in [0.25, 0.3) is 0 Å². The zero-order chi connectivity index (χ0) is 12.2. The van der Waals surface area contributed by atoms with E-state index in [2.05, 4.69) is 0 Å². The zero-order valence-electron chi connectivity index (χ0n) is 9.94. The van der Waals surface area contributed by atoms with E-state index in [1.807, 2.05) is 50.0 Å². The van der Waals surface area contributed by atoms with E-state index >= 15 is 0 Å². The summed E-state index contributed by atoms with van der Waals surface area (Å²) in [6, 6.07) is 7.79. The van der Waals surface area contributed by atoms with E-state index in [4.69, 9.17) is 0 Å². The number of hydrogen-bond acceptors (Lipinski definition) is 4. The SMILES string of the molecule is CSC(SC)(SC)C(=O)c1ccc(C)cc1. The summed E-state index contributed by atoms with van der Waals surface area (Å²) in [7, 11) is 0. The number of carbonyl (C=O) groups excluding carboxylic acids is 1. The molecule has 88 valence electrons. The number of benzene rings is 1. The first-order chi connectivity index (χ1) is 7.59. The molecule has 1 nitrogen and oxygen atoms in total. The van der Waals surface area contributed by atoms with Crippen LogP contribution in [0.3, 0.4) is 0 Å². The summed E-state index contributed by atoms with van der Waals surface area (Å²) in [5.74, 6) is 0.194. The number of rotatable bonds is 5. The van der Waals surface area contributed by atoms with Gasteiger partial charge in [-0.2, -0.15) is 0 Å². The second kappa shape index (κ2) is 6.03. The summed E-state index contributed by atoms with van der Waals surface area (Å²) >= 11 is 4.80. The van der Waals surface area contributed by atoms with Crippen molar-refractivity contribution >= 4 is 41.1 Å². The van der Waals surface area contributed by atoms with Gasteiger partial charge in [-0.1, -0.05) is 29.8 Å². The Hall–Kier alpha value is -0.0600. The van der Waals surface area contributed by atoms with Gasteiger partial charge in [0.1, 0.15) is 0 Å². The van der Waals surface area contributed by atoms with E-state index < -0.39 is 3.41 Å². The van der Waals surface area contributed by atoms with Crippen LogP contribution in [0, 0.1) is 6.92 Å². The van der Waals surface area contributed by atoms with Crippen molar-refractivity contribution in [2.75, 3.05) is 18.8 Å². The minimum atomic E-state index is -0.407. The molecule has 0 N–H and O–H groups in total. The molecular formula is C12H16OS3. The Morgan fingerprint density at radius 2 is 1.44 bits per heavy atom. The van der Waals surface area contributed by atoms with Crippen LogP contribution in [-0.4, -0.2) is 28.0 Å². The number of Topliss-reactive ketones (excluding diaryl/α,β-unsaturated/α-hetero) is 1. The molecule has 1 rings (SSSR count). The van der Waals surface area contributed by atoms with Gasteiger partial charge in [0, 0.05) is 5.56 Å². The Bertz CT molecular complexity index is 347. The number of aryl methyl sites for hydroxylation is 1. The fourth-order valence-corrected chi connectivity index (χ4v) is 4.32. The van der Waals surface area contributed by atoms with Crippen LogP contribution >= 0.6 is 35.3 Å². The van der Waals surface area contributed by atoms with Crippen molar-refractivity contribution in [1.82, 2.24) is 0 Å². The van der Waals surface area contributed by atoms with Crippen LogP contribution < -0.4 is 0 Å². The Labute approximate surface area is 110 Å². The van der Waals surface area contributed by atoms with Crippen LogP contribution in [-0.2, 0) is 0 Å². The van der Waals surface area contributed by atoms with Crippen molar-refractivity contribution in [3.63, 3.8) is 0 Å². The minimum Gasteiger partial charge on any atom is -0.291 e. The van der Waals surface area contributed by atoms with Crippen LogP contribution in [0.5, 0.6) is 0 Å². The molecule has 0 spiro atoms. The average Bonchev–Trinajstić information content (AvgIpc) is 2.33. The monoisotopic (exact) mass is 272 g/mol. The third-order valence-electron chi connectivity index (χ3n) is 2.40. The van der Waals surface area contributed by atoms with Gasteiger partial charge in [-0.05, 0) is 25.7 Å². The van der Waals surface area contributed by atoms with E-state index in [9.17, 15) is 4.79 Å². The molecule has 0 saturated carbocycles. The number of hydrogen-bond donors (Lipinski definition) is 0. The molecule has 0 bridgehead atoms. The van der Waals surface area contributed by atoms with Gasteiger partial charge in [0.15, 0.2) is 9.19 Å². The molecule has 1 aromatic rings. The van der Waals surface area contributed by atoms with Gasteiger partial charge in [0.25, 0.3) is 0 Å². The van der Waals surface area contributed by atoms with Crippen molar-refractivity contribution in [2.24, 2.45) is 0 Å². The molecule has 4 heteroatoms. The molecule has 0 aliphatic carbocycles. The van der Waals surface area contributed by atoms with Crippen LogP contribution in [0.15, 0.2) is 24.3 Å². The molecule has 0 aliphatic heterocycles. The standard InChI is InChI=1S/C12H16OS3/c1-9-5-7-10(8-6-9)11(13)12(14-2,15-3)16-4/h5-8H,1-4H3. The Kier molecular flexibility index (Phi) is 5.28. The lowest BCUT2D eigenvalue weighted by Gasteiger charge is -2.26. The van der Waals surface area contributed by atoms with Gasteiger partial charge in [0.05, 0.1) is 0 Å². The molecule has 0 radical (unpaired) electrons. The first-order valence-electron chi connectivity index (χ1n) is 4.86. The molecule has 0 aliphatic rings. The quantitative estimate of drug-likeness (QED) is 0.596. The first-order valence-corrected chi connectivity index (χ1v) is 8.54. The molecule has 0 amide bonds. The Morgan fingerprint density at radius 1 is 1.00 bits per heavy atom. The molecule has 0 unspecified atom stereocenters. The predicted molar refractivity (Wildman–Crippen MR) is 78.8 cm³/mol. The van der Waals surface area contributed by atoms with E-state index in [1.165, 1.54) is 5.56 Å². The molecule has 0 fully saturated rings. The van der Waals surface area contributed by atoms with Gasteiger partial charge in [-0.25, -0.2) is 0 Å². The molecule has 0 aromatic heterocycles. The lowest BCUT2D eigenvalue weighted by Crippen LogP contribution is -2.27. The van der Waals surface area contributed by atoms with Crippen molar-refractivity contribution < 1.29 is 4.79 Å². The van der Waals surface area contributed by atoms with E-state index in [-0.39, 0.29) is 5.78 Å². The lowest BCUT2D eigenvalue weighted by atomic mass is 10.1. The molecular weight excluding hydrogens is 256 g/mol. The highest BCUT2D eigenvalue weighted by atomic mass is 32.3. The van der Waals surface area contributed by atoms with E-state index in [1.54, 1.807) is 35.3 Å². The van der Waals surface area contributed by atoms with Crippen molar-refractivity contribution in [3.8, 4) is 0 Å². The summed E-state index contributed by atoms with van der Waals surface area (Å²) in [5.41, 5.74) is 1.98. The second-order valence-electron chi connectivity index (χ2n) is 3.36.